The molecule has 1 atom stereocenters. The van der Waals surface area contributed by atoms with E-state index in [4.69, 9.17) is 4.74 Å². The minimum atomic E-state index is -0.281. The second-order valence-electron chi connectivity index (χ2n) is 7.47. The zero-order valence-corrected chi connectivity index (χ0v) is 16.9. The normalized spacial score (nSPS) is 12.6. The van der Waals surface area contributed by atoms with Crippen molar-refractivity contribution < 1.29 is 14.3 Å². The van der Waals surface area contributed by atoms with Crippen LogP contribution in [0.15, 0.2) is 24.3 Å². The third-order valence-electron chi connectivity index (χ3n) is 3.68. The predicted molar refractivity (Wildman–Crippen MR) is 104 cm³/mol. The second-order valence-corrected chi connectivity index (χ2v) is 7.47. The predicted octanol–water partition coefficient (Wildman–Crippen LogP) is 2.50. The molecule has 6 heteroatoms. The van der Waals surface area contributed by atoms with Crippen molar-refractivity contribution in [3.63, 3.8) is 0 Å². The van der Waals surface area contributed by atoms with Crippen LogP contribution in [0.25, 0.3) is 0 Å². The third kappa shape index (κ3) is 7.87. The number of rotatable bonds is 9. The topological polar surface area (TPSA) is 70.7 Å². The Morgan fingerprint density at radius 2 is 1.73 bits per heavy atom. The maximum Gasteiger partial charge on any atom is 0.234 e. The largest absolute Gasteiger partial charge is 0.494 e. The summed E-state index contributed by atoms with van der Waals surface area (Å²) in [6.45, 7) is 10.7. The van der Waals surface area contributed by atoms with Crippen LogP contribution >= 0.6 is 0 Å². The van der Waals surface area contributed by atoms with Gasteiger partial charge in [0.2, 0.25) is 11.8 Å². The minimum Gasteiger partial charge on any atom is -0.494 e. The molecule has 0 aromatic heterocycles. The zero-order chi connectivity index (χ0) is 19.7. The number of ether oxygens (including phenoxy) is 1. The smallest absolute Gasteiger partial charge is 0.234 e. The molecule has 0 fully saturated rings. The van der Waals surface area contributed by atoms with E-state index in [-0.39, 0.29) is 36.5 Å². The van der Waals surface area contributed by atoms with Gasteiger partial charge in [0.1, 0.15) is 5.75 Å². The van der Waals surface area contributed by atoms with Crippen LogP contribution in [-0.2, 0) is 9.59 Å². The van der Waals surface area contributed by atoms with Gasteiger partial charge in [-0.05, 0) is 47.2 Å². The fraction of sp³-hybridized carbons (Fsp3) is 0.600. The molecule has 0 spiro atoms. The van der Waals surface area contributed by atoms with Gasteiger partial charge in [-0.25, -0.2) is 0 Å². The van der Waals surface area contributed by atoms with E-state index in [2.05, 4.69) is 10.6 Å². The Morgan fingerprint density at radius 1 is 1.12 bits per heavy atom. The van der Waals surface area contributed by atoms with Crippen LogP contribution in [0.5, 0.6) is 5.75 Å². The lowest BCUT2D eigenvalue weighted by molar-refractivity contribution is -0.125. The van der Waals surface area contributed by atoms with Crippen LogP contribution in [0.2, 0.25) is 0 Å². The number of para-hydroxylation sites is 1. The van der Waals surface area contributed by atoms with Crippen molar-refractivity contribution in [2.75, 3.05) is 26.7 Å². The standard InChI is InChI=1S/C20H33N3O3/c1-7-16(15-11-9-10-12-17(15)26-8-2)21-18(24)13-23(6)14-19(25)22-20(3,4)5/h9-12,16H,7-8,13-14H2,1-6H3,(H,21,24)(H,22,25). The highest BCUT2D eigenvalue weighted by Gasteiger charge is 2.19. The molecule has 2 N–H and O–H groups in total. The van der Waals surface area contributed by atoms with Crippen LogP contribution in [-0.4, -0.2) is 49.0 Å². The number of nitrogens with one attached hydrogen (secondary N) is 2. The molecule has 26 heavy (non-hydrogen) atoms. The number of likely N-dealkylation sites (N-methyl/N-ethyl adjacent to an activating group) is 1. The summed E-state index contributed by atoms with van der Waals surface area (Å²) in [5.74, 6) is 0.579. The van der Waals surface area contributed by atoms with Gasteiger partial charge in [0.05, 0.1) is 25.7 Å². The quantitative estimate of drug-likeness (QED) is 0.707. The van der Waals surface area contributed by atoms with Crippen LogP contribution in [0.1, 0.15) is 52.6 Å². The summed E-state index contributed by atoms with van der Waals surface area (Å²) in [7, 11) is 1.76. The maximum atomic E-state index is 12.4. The first-order chi connectivity index (χ1) is 12.2. The summed E-state index contributed by atoms with van der Waals surface area (Å²) < 4.78 is 5.67. The highest BCUT2D eigenvalue weighted by molar-refractivity contribution is 5.81. The Kier molecular flexibility index (Phi) is 8.58. The van der Waals surface area contributed by atoms with Crippen LogP contribution in [0, 0.1) is 0 Å². The first-order valence-electron chi connectivity index (χ1n) is 9.16. The number of hydrogen-bond donors (Lipinski definition) is 2. The maximum absolute atomic E-state index is 12.4. The van der Waals surface area contributed by atoms with Gasteiger partial charge in [-0.2, -0.15) is 0 Å². The molecule has 0 radical (unpaired) electrons. The number of nitrogens with zero attached hydrogens (tertiary/aromatic N) is 1. The second kappa shape index (κ2) is 10.2. The van der Waals surface area contributed by atoms with Gasteiger partial charge in [0.25, 0.3) is 0 Å². The SMILES string of the molecule is CCOc1ccccc1C(CC)NC(=O)CN(C)CC(=O)NC(C)(C)C. The van der Waals surface area contributed by atoms with Crippen LogP contribution in [0.3, 0.4) is 0 Å². The number of carbonyl (C=O) groups excluding carboxylic acids is 2. The lowest BCUT2D eigenvalue weighted by atomic mass is 10.0. The lowest BCUT2D eigenvalue weighted by Crippen LogP contribution is -2.47. The minimum absolute atomic E-state index is 0.0958. The van der Waals surface area contributed by atoms with E-state index < -0.39 is 0 Å². The van der Waals surface area contributed by atoms with Crippen molar-refractivity contribution in [1.82, 2.24) is 15.5 Å². The van der Waals surface area contributed by atoms with E-state index in [1.165, 1.54) is 0 Å². The average Bonchev–Trinajstić information content (AvgIpc) is 2.51. The molecule has 1 unspecified atom stereocenters. The molecule has 6 nitrogen and oxygen atoms in total. The number of hydrogen-bond acceptors (Lipinski definition) is 4. The molecular weight excluding hydrogens is 330 g/mol. The van der Waals surface area contributed by atoms with Crippen molar-refractivity contribution in [2.45, 2.75) is 52.6 Å². The monoisotopic (exact) mass is 363 g/mol. The van der Waals surface area contributed by atoms with E-state index in [1.54, 1.807) is 11.9 Å². The Labute approximate surface area is 157 Å². The summed E-state index contributed by atoms with van der Waals surface area (Å²) >= 11 is 0. The molecule has 1 aromatic rings. The van der Waals surface area contributed by atoms with Gasteiger partial charge in [-0.15, -0.1) is 0 Å². The summed E-state index contributed by atoms with van der Waals surface area (Å²) in [5, 5.41) is 5.94. The Bertz CT molecular complexity index is 596. The molecule has 0 saturated carbocycles. The molecule has 1 aromatic carbocycles. The Balaban J connectivity index is 2.63. The van der Waals surface area contributed by atoms with Crippen molar-refractivity contribution >= 4 is 11.8 Å². The van der Waals surface area contributed by atoms with E-state index >= 15 is 0 Å². The average molecular weight is 364 g/mol. The lowest BCUT2D eigenvalue weighted by Gasteiger charge is -2.24. The summed E-state index contributed by atoms with van der Waals surface area (Å²) in [4.78, 5) is 26.1. The highest BCUT2D eigenvalue weighted by Crippen LogP contribution is 2.27. The molecule has 0 saturated heterocycles. The molecule has 0 aliphatic rings. The molecule has 146 valence electrons. The highest BCUT2D eigenvalue weighted by atomic mass is 16.5. The van der Waals surface area contributed by atoms with E-state index in [0.717, 1.165) is 17.7 Å². The number of benzene rings is 1. The molecule has 0 aliphatic carbocycles. The summed E-state index contributed by atoms with van der Waals surface area (Å²) in [6.07, 6.45) is 0.754. The fourth-order valence-electron chi connectivity index (χ4n) is 2.70. The Morgan fingerprint density at radius 3 is 2.31 bits per heavy atom. The van der Waals surface area contributed by atoms with Gasteiger partial charge < -0.3 is 15.4 Å². The molecule has 0 bridgehead atoms. The molecule has 2 amide bonds. The van der Waals surface area contributed by atoms with E-state index in [0.29, 0.717) is 6.61 Å². The van der Waals surface area contributed by atoms with E-state index in [1.807, 2.05) is 58.9 Å². The zero-order valence-electron chi connectivity index (χ0n) is 16.9. The fourth-order valence-corrected chi connectivity index (χ4v) is 2.70. The van der Waals surface area contributed by atoms with Crippen molar-refractivity contribution in [3.05, 3.63) is 29.8 Å². The van der Waals surface area contributed by atoms with Gasteiger partial charge >= 0.3 is 0 Å². The van der Waals surface area contributed by atoms with Crippen LogP contribution < -0.4 is 15.4 Å². The molecule has 0 heterocycles. The first-order valence-corrected chi connectivity index (χ1v) is 9.16. The van der Waals surface area contributed by atoms with Crippen LogP contribution in [0.4, 0.5) is 0 Å². The van der Waals surface area contributed by atoms with Gasteiger partial charge in [-0.1, -0.05) is 25.1 Å². The van der Waals surface area contributed by atoms with Crippen molar-refractivity contribution in [3.8, 4) is 5.75 Å². The summed E-state index contributed by atoms with van der Waals surface area (Å²) in [6, 6.07) is 7.62. The van der Waals surface area contributed by atoms with Crippen molar-refractivity contribution in [2.24, 2.45) is 0 Å². The molecular formula is C20H33N3O3. The third-order valence-corrected chi connectivity index (χ3v) is 3.68. The van der Waals surface area contributed by atoms with E-state index in [9.17, 15) is 9.59 Å². The number of carbonyl (C=O) groups is 2. The summed E-state index contributed by atoms with van der Waals surface area (Å²) in [5.41, 5.74) is 0.689. The van der Waals surface area contributed by atoms with Gasteiger partial charge in [0, 0.05) is 11.1 Å². The first kappa shape index (κ1) is 22.0. The molecule has 1 rings (SSSR count). The van der Waals surface area contributed by atoms with Gasteiger partial charge in [0.15, 0.2) is 0 Å². The van der Waals surface area contributed by atoms with Gasteiger partial charge in [-0.3, -0.25) is 14.5 Å². The number of amides is 2. The Hall–Kier alpha value is -2.08. The van der Waals surface area contributed by atoms with Crippen molar-refractivity contribution in [1.29, 1.82) is 0 Å². The molecule has 0 aliphatic heterocycles.